The van der Waals surface area contributed by atoms with E-state index in [0.29, 0.717) is 18.7 Å². The van der Waals surface area contributed by atoms with Crippen molar-refractivity contribution in [3.63, 3.8) is 0 Å². The van der Waals surface area contributed by atoms with Crippen molar-refractivity contribution in [3.8, 4) is 11.8 Å². The SMILES string of the molecule is CCn1nc2c(cc1=O)CN(CCOc1ccc(C#N)cc1)CC2. The number of nitrogens with zero attached hydrogens (tertiary/aromatic N) is 4. The van der Waals surface area contributed by atoms with Crippen LogP contribution in [0, 0.1) is 11.3 Å². The Morgan fingerprint density at radius 3 is 2.83 bits per heavy atom. The lowest BCUT2D eigenvalue weighted by atomic mass is 10.1. The molecule has 1 aromatic heterocycles. The van der Waals surface area contributed by atoms with E-state index in [1.54, 1.807) is 30.3 Å². The molecule has 0 fully saturated rings. The first-order valence-corrected chi connectivity index (χ1v) is 8.15. The van der Waals surface area contributed by atoms with Crippen molar-refractivity contribution in [3.05, 3.63) is 57.5 Å². The number of hydrogen-bond acceptors (Lipinski definition) is 5. The highest BCUT2D eigenvalue weighted by Gasteiger charge is 2.18. The molecule has 6 heteroatoms. The maximum atomic E-state index is 11.9. The van der Waals surface area contributed by atoms with Crippen LogP contribution < -0.4 is 10.3 Å². The minimum absolute atomic E-state index is 0.0352. The van der Waals surface area contributed by atoms with Gasteiger partial charge < -0.3 is 4.74 Å². The fourth-order valence-electron chi connectivity index (χ4n) is 2.83. The molecular formula is C18H20N4O2. The molecule has 1 aromatic carbocycles. The average Bonchev–Trinajstić information content (AvgIpc) is 2.61. The molecule has 0 amide bonds. The number of aryl methyl sites for hydroxylation is 1. The summed E-state index contributed by atoms with van der Waals surface area (Å²) in [6.45, 7) is 5.54. The van der Waals surface area contributed by atoms with Gasteiger partial charge in [-0.3, -0.25) is 9.69 Å². The number of fused-ring (bicyclic) bond motifs is 1. The van der Waals surface area contributed by atoms with Crippen molar-refractivity contribution >= 4 is 0 Å². The molecule has 0 saturated heterocycles. The summed E-state index contributed by atoms with van der Waals surface area (Å²) >= 11 is 0. The second-order valence-electron chi connectivity index (χ2n) is 5.78. The van der Waals surface area contributed by atoms with Crippen LogP contribution in [0.5, 0.6) is 5.75 Å². The molecule has 6 nitrogen and oxygen atoms in total. The lowest BCUT2D eigenvalue weighted by molar-refractivity contribution is 0.194. The predicted octanol–water partition coefficient (Wildman–Crippen LogP) is 1.57. The lowest BCUT2D eigenvalue weighted by Crippen LogP contribution is -2.36. The van der Waals surface area contributed by atoms with Crippen molar-refractivity contribution in [2.45, 2.75) is 26.4 Å². The molecule has 2 heterocycles. The van der Waals surface area contributed by atoms with E-state index < -0.39 is 0 Å². The first-order valence-electron chi connectivity index (χ1n) is 8.15. The van der Waals surface area contributed by atoms with E-state index in [9.17, 15) is 4.79 Å². The Kier molecular flexibility index (Phi) is 4.92. The summed E-state index contributed by atoms with van der Waals surface area (Å²) in [6.07, 6.45) is 0.854. The fraction of sp³-hybridized carbons (Fsp3) is 0.389. The smallest absolute Gasteiger partial charge is 0.267 e. The normalized spacial score (nSPS) is 14.0. The number of hydrogen-bond donors (Lipinski definition) is 0. The molecule has 2 aromatic rings. The van der Waals surface area contributed by atoms with Crippen LogP contribution in [-0.2, 0) is 19.5 Å². The van der Waals surface area contributed by atoms with Crippen LogP contribution in [0.25, 0.3) is 0 Å². The van der Waals surface area contributed by atoms with Crippen LogP contribution in [0.2, 0.25) is 0 Å². The number of rotatable bonds is 5. The molecule has 0 N–H and O–H groups in total. The second kappa shape index (κ2) is 7.28. The number of ether oxygens (including phenoxy) is 1. The minimum atomic E-state index is -0.0352. The standard InChI is InChI=1S/C18H20N4O2/c1-2-22-18(23)11-15-13-21(8-7-17(15)20-22)9-10-24-16-5-3-14(12-19)4-6-16/h3-6,11H,2,7-10,13H2,1H3. The van der Waals surface area contributed by atoms with Crippen LogP contribution in [0.3, 0.4) is 0 Å². The topological polar surface area (TPSA) is 71.2 Å². The van der Waals surface area contributed by atoms with Crippen molar-refractivity contribution in [2.24, 2.45) is 0 Å². The molecule has 0 radical (unpaired) electrons. The predicted molar refractivity (Wildman–Crippen MR) is 89.8 cm³/mol. The average molecular weight is 324 g/mol. The van der Waals surface area contributed by atoms with E-state index in [1.165, 1.54) is 4.68 Å². The maximum Gasteiger partial charge on any atom is 0.267 e. The molecule has 1 aliphatic heterocycles. The summed E-state index contributed by atoms with van der Waals surface area (Å²) in [5.74, 6) is 0.763. The van der Waals surface area contributed by atoms with E-state index in [4.69, 9.17) is 10.00 Å². The molecule has 3 rings (SSSR count). The summed E-state index contributed by atoms with van der Waals surface area (Å²) in [5.41, 5.74) is 2.64. The van der Waals surface area contributed by atoms with Gasteiger partial charge in [-0.1, -0.05) is 0 Å². The zero-order valence-corrected chi connectivity index (χ0v) is 13.7. The summed E-state index contributed by atoms with van der Waals surface area (Å²) < 4.78 is 7.24. The van der Waals surface area contributed by atoms with Crippen molar-refractivity contribution in [1.29, 1.82) is 5.26 Å². The van der Waals surface area contributed by atoms with Gasteiger partial charge in [0.1, 0.15) is 12.4 Å². The molecular weight excluding hydrogens is 304 g/mol. The zero-order valence-electron chi connectivity index (χ0n) is 13.7. The Labute approximate surface area is 140 Å². The van der Waals surface area contributed by atoms with Crippen molar-refractivity contribution in [1.82, 2.24) is 14.7 Å². The van der Waals surface area contributed by atoms with Crippen molar-refractivity contribution in [2.75, 3.05) is 19.7 Å². The zero-order chi connectivity index (χ0) is 16.9. The van der Waals surface area contributed by atoms with Gasteiger partial charge in [0, 0.05) is 38.7 Å². The molecule has 0 bridgehead atoms. The van der Waals surface area contributed by atoms with Gasteiger partial charge in [0.2, 0.25) is 0 Å². The van der Waals surface area contributed by atoms with Gasteiger partial charge in [0.05, 0.1) is 17.3 Å². The van der Waals surface area contributed by atoms with Gasteiger partial charge in [0.15, 0.2) is 0 Å². The molecule has 124 valence electrons. The van der Waals surface area contributed by atoms with Crippen molar-refractivity contribution < 1.29 is 4.74 Å². The van der Waals surface area contributed by atoms with E-state index >= 15 is 0 Å². The Morgan fingerprint density at radius 1 is 1.33 bits per heavy atom. The van der Waals surface area contributed by atoms with E-state index in [0.717, 1.165) is 43.1 Å². The van der Waals surface area contributed by atoms with Gasteiger partial charge >= 0.3 is 0 Å². The molecule has 1 aliphatic rings. The van der Waals surface area contributed by atoms with Crippen LogP contribution in [0.15, 0.2) is 35.1 Å². The lowest BCUT2D eigenvalue weighted by Gasteiger charge is -2.28. The Hall–Kier alpha value is -2.65. The monoisotopic (exact) mass is 324 g/mol. The number of aromatic nitrogens is 2. The quantitative estimate of drug-likeness (QED) is 0.835. The summed E-state index contributed by atoms with van der Waals surface area (Å²) in [6, 6.07) is 10.9. The Morgan fingerprint density at radius 2 is 2.12 bits per heavy atom. The Bertz CT molecular complexity index is 805. The van der Waals surface area contributed by atoms with Gasteiger partial charge in [-0.25, -0.2) is 4.68 Å². The van der Waals surface area contributed by atoms with Gasteiger partial charge in [-0.05, 0) is 36.8 Å². The number of nitriles is 1. The van der Waals surface area contributed by atoms with Gasteiger partial charge in [-0.2, -0.15) is 10.4 Å². The Balaban J connectivity index is 1.55. The molecule has 0 saturated carbocycles. The molecule has 24 heavy (non-hydrogen) atoms. The van der Waals surface area contributed by atoms with E-state index in [2.05, 4.69) is 16.1 Å². The molecule has 0 atom stereocenters. The molecule has 0 spiro atoms. The maximum absolute atomic E-state index is 11.9. The third-order valence-electron chi connectivity index (χ3n) is 4.18. The van der Waals surface area contributed by atoms with E-state index in [1.807, 2.05) is 6.92 Å². The van der Waals surface area contributed by atoms with E-state index in [-0.39, 0.29) is 5.56 Å². The minimum Gasteiger partial charge on any atom is -0.492 e. The summed E-state index contributed by atoms with van der Waals surface area (Å²) in [7, 11) is 0. The highest BCUT2D eigenvalue weighted by atomic mass is 16.5. The van der Waals surface area contributed by atoms with Crippen LogP contribution in [0.1, 0.15) is 23.7 Å². The fourth-order valence-corrected chi connectivity index (χ4v) is 2.83. The van der Waals surface area contributed by atoms with Crippen LogP contribution in [0.4, 0.5) is 0 Å². The van der Waals surface area contributed by atoms with Gasteiger partial charge in [0.25, 0.3) is 5.56 Å². The highest BCUT2D eigenvalue weighted by molar-refractivity contribution is 5.34. The molecule has 0 aliphatic carbocycles. The van der Waals surface area contributed by atoms with Gasteiger partial charge in [-0.15, -0.1) is 0 Å². The second-order valence-corrected chi connectivity index (χ2v) is 5.78. The first kappa shape index (κ1) is 16.2. The van der Waals surface area contributed by atoms with Crippen LogP contribution >= 0.6 is 0 Å². The van der Waals surface area contributed by atoms with Crippen LogP contribution in [-0.4, -0.2) is 34.4 Å². The highest BCUT2D eigenvalue weighted by Crippen LogP contribution is 2.16. The first-order chi connectivity index (χ1) is 11.7. The number of benzene rings is 1. The largest absolute Gasteiger partial charge is 0.492 e. The summed E-state index contributed by atoms with van der Waals surface area (Å²) in [5, 5.41) is 13.2. The summed E-state index contributed by atoms with van der Waals surface area (Å²) in [4.78, 5) is 14.2. The third-order valence-corrected chi connectivity index (χ3v) is 4.18. The molecule has 0 unspecified atom stereocenters. The third kappa shape index (κ3) is 3.63.